The van der Waals surface area contributed by atoms with Crippen molar-refractivity contribution in [1.29, 1.82) is 0 Å². The van der Waals surface area contributed by atoms with Gasteiger partial charge in [-0.05, 0) is 43.7 Å². The molecule has 2 fully saturated rings. The summed E-state index contributed by atoms with van der Waals surface area (Å²) in [5, 5.41) is 10.4. The molecule has 0 radical (unpaired) electrons. The molecule has 0 spiro atoms. The number of halogens is 3. The first-order chi connectivity index (χ1) is 15.3. The Morgan fingerprint density at radius 3 is 2.50 bits per heavy atom. The number of para-hydroxylation sites is 1. The van der Waals surface area contributed by atoms with Gasteiger partial charge in [0.1, 0.15) is 0 Å². The summed E-state index contributed by atoms with van der Waals surface area (Å²) < 4.78 is 44.4. The normalized spacial score (nSPS) is 21.0. The van der Waals surface area contributed by atoms with E-state index in [1.54, 1.807) is 19.2 Å². The molecule has 2 aromatic carbocycles. The van der Waals surface area contributed by atoms with E-state index < -0.39 is 11.7 Å². The molecule has 8 heteroatoms. The first-order valence-electron chi connectivity index (χ1n) is 11.1. The predicted octanol–water partition coefficient (Wildman–Crippen LogP) is 4.21. The number of hydrogen-bond acceptors (Lipinski definition) is 5. The topological polar surface area (TPSA) is 39.2 Å². The van der Waals surface area contributed by atoms with Crippen molar-refractivity contribution in [1.82, 2.24) is 9.80 Å². The lowest BCUT2D eigenvalue weighted by molar-refractivity contribution is -0.137. The minimum absolute atomic E-state index is 0.201. The van der Waals surface area contributed by atoms with E-state index in [4.69, 9.17) is 4.74 Å². The van der Waals surface area contributed by atoms with E-state index in [0.29, 0.717) is 37.1 Å². The van der Waals surface area contributed by atoms with Gasteiger partial charge in [-0.2, -0.15) is 13.2 Å². The zero-order chi connectivity index (χ0) is 22.7. The van der Waals surface area contributed by atoms with Gasteiger partial charge in [0.25, 0.3) is 0 Å². The maximum absolute atomic E-state index is 13.0. The van der Waals surface area contributed by atoms with Crippen LogP contribution in [-0.4, -0.2) is 67.3 Å². The lowest BCUT2D eigenvalue weighted by Crippen LogP contribution is -2.55. The summed E-state index contributed by atoms with van der Waals surface area (Å²) in [6.07, 6.45) is -2.12. The smallest absolute Gasteiger partial charge is 0.416 e. The summed E-state index contributed by atoms with van der Waals surface area (Å²) in [5.74, 6) is 0.689. The molecule has 5 nitrogen and oxygen atoms in total. The van der Waals surface area contributed by atoms with Crippen molar-refractivity contribution >= 4 is 5.69 Å². The number of benzene rings is 2. The van der Waals surface area contributed by atoms with Gasteiger partial charge < -0.3 is 14.7 Å². The maximum atomic E-state index is 13.0. The van der Waals surface area contributed by atoms with Gasteiger partial charge in [0.2, 0.25) is 0 Å². The number of hydrogen-bond donors (Lipinski definition) is 1. The van der Waals surface area contributed by atoms with Crippen molar-refractivity contribution in [2.45, 2.75) is 31.6 Å². The van der Waals surface area contributed by atoms with Crippen LogP contribution in [0.2, 0.25) is 0 Å². The highest BCUT2D eigenvalue weighted by Gasteiger charge is 2.32. The SMILES string of the molecule is COc1cccc(CN2CCC[C@H](N3CCN(c4cccc(C(F)(F)F)c4)CC3)C2)c1O. The summed E-state index contributed by atoms with van der Waals surface area (Å²) >= 11 is 0. The van der Waals surface area contributed by atoms with Gasteiger partial charge >= 0.3 is 6.18 Å². The van der Waals surface area contributed by atoms with Crippen molar-refractivity contribution in [2.24, 2.45) is 0 Å². The second-order valence-corrected chi connectivity index (χ2v) is 8.57. The molecule has 2 heterocycles. The van der Waals surface area contributed by atoms with Crippen molar-refractivity contribution in [3.05, 3.63) is 53.6 Å². The number of nitrogens with zero attached hydrogens (tertiary/aromatic N) is 3. The maximum Gasteiger partial charge on any atom is 0.416 e. The van der Waals surface area contributed by atoms with Gasteiger partial charge in [0.05, 0.1) is 12.7 Å². The third kappa shape index (κ3) is 5.13. The number of phenolic OH excluding ortho intramolecular Hbond substituents is 1. The monoisotopic (exact) mass is 449 g/mol. The van der Waals surface area contributed by atoms with Crippen LogP contribution in [0.1, 0.15) is 24.0 Å². The number of anilines is 1. The van der Waals surface area contributed by atoms with Gasteiger partial charge in [-0.25, -0.2) is 0 Å². The number of aromatic hydroxyl groups is 1. The molecule has 0 amide bonds. The second-order valence-electron chi connectivity index (χ2n) is 8.57. The summed E-state index contributed by atoms with van der Waals surface area (Å²) in [4.78, 5) is 6.87. The standard InChI is InChI=1S/C24H30F3N3O2/c1-32-22-9-2-5-18(23(22)31)16-28-10-4-8-21(17-28)30-13-11-29(12-14-30)20-7-3-6-19(15-20)24(25,26)27/h2-3,5-7,9,15,21,31H,4,8,10-14,16-17H2,1H3/t21-/m0/s1. The predicted molar refractivity (Wildman–Crippen MR) is 118 cm³/mol. The number of ether oxygens (including phenoxy) is 1. The van der Waals surface area contributed by atoms with Crippen LogP contribution < -0.4 is 9.64 Å². The van der Waals surface area contributed by atoms with Crippen molar-refractivity contribution in [2.75, 3.05) is 51.3 Å². The molecule has 0 aliphatic carbocycles. The molecule has 2 aliphatic rings. The largest absolute Gasteiger partial charge is 0.504 e. The zero-order valence-electron chi connectivity index (χ0n) is 18.3. The van der Waals surface area contributed by atoms with Crippen LogP contribution in [0, 0.1) is 0 Å². The van der Waals surface area contributed by atoms with Crippen LogP contribution in [0.25, 0.3) is 0 Å². The Morgan fingerprint density at radius 2 is 1.78 bits per heavy atom. The average molecular weight is 450 g/mol. The van der Waals surface area contributed by atoms with Gasteiger partial charge in [-0.15, -0.1) is 0 Å². The van der Waals surface area contributed by atoms with E-state index in [1.807, 2.05) is 17.0 Å². The van der Waals surface area contributed by atoms with E-state index in [-0.39, 0.29) is 5.75 Å². The van der Waals surface area contributed by atoms with Crippen LogP contribution in [0.4, 0.5) is 18.9 Å². The second kappa shape index (κ2) is 9.58. The van der Waals surface area contributed by atoms with Gasteiger partial charge in [0.15, 0.2) is 11.5 Å². The fraction of sp³-hybridized carbons (Fsp3) is 0.500. The molecule has 32 heavy (non-hydrogen) atoms. The van der Waals surface area contributed by atoms with E-state index in [1.165, 1.54) is 12.1 Å². The molecular formula is C24H30F3N3O2. The van der Waals surface area contributed by atoms with Crippen LogP contribution in [0.3, 0.4) is 0 Å². The number of phenols is 1. The van der Waals surface area contributed by atoms with Gasteiger partial charge in [-0.1, -0.05) is 18.2 Å². The number of piperidine rings is 1. The molecule has 174 valence electrons. The van der Waals surface area contributed by atoms with E-state index in [9.17, 15) is 18.3 Å². The van der Waals surface area contributed by atoms with Crippen LogP contribution in [0.15, 0.2) is 42.5 Å². The Hall–Kier alpha value is -2.45. The van der Waals surface area contributed by atoms with E-state index in [0.717, 1.165) is 50.7 Å². The number of piperazine rings is 1. The lowest BCUT2D eigenvalue weighted by atomic mass is 10.0. The van der Waals surface area contributed by atoms with Crippen LogP contribution >= 0.6 is 0 Å². The molecule has 1 atom stereocenters. The minimum atomic E-state index is -4.32. The molecule has 2 aromatic rings. The van der Waals surface area contributed by atoms with E-state index in [2.05, 4.69) is 9.80 Å². The summed E-state index contributed by atoms with van der Waals surface area (Å²) in [7, 11) is 1.55. The molecule has 0 bridgehead atoms. The Morgan fingerprint density at radius 1 is 1.03 bits per heavy atom. The molecule has 4 rings (SSSR count). The molecule has 0 unspecified atom stereocenters. The Bertz CT molecular complexity index is 914. The average Bonchev–Trinajstić information content (AvgIpc) is 2.80. The van der Waals surface area contributed by atoms with Crippen molar-refractivity contribution in [3.63, 3.8) is 0 Å². The number of methoxy groups -OCH3 is 1. The molecule has 2 saturated heterocycles. The molecule has 1 N–H and O–H groups in total. The highest BCUT2D eigenvalue weighted by molar-refractivity contribution is 5.49. The lowest BCUT2D eigenvalue weighted by Gasteiger charge is -2.44. The third-order valence-electron chi connectivity index (χ3n) is 6.55. The van der Waals surface area contributed by atoms with Crippen molar-refractivity contribution in [3.8, 4) is 11.5 Å². The minimum Gasteiger partial charge on any atom is -0.504 e. The summed E-state index contributed by atoms with van der Waals surface area (Å²) in [5.41, 5.74) is 0.902. The Kier molecular flexibility index (Phi) is 6.81. The summed E-state index contributed by atoms with van der Waals surface area (Å²) in [6, 6.07) is 11.6. The highest BCUT2D eigenvalue weighted by atomic mass is 19.4. The van der Waals surface area contributed by atoms with Crippen molar-refractivity contribution < 1.29 is 23.0 Å². The van der Waals surface area contributed by atoms with Gasteiger partial charge in [-0.3, -0.25) is 9.80 Å². The number of likely N-dealkylation sites (tertiary alicyclic amines) is 1. The number of rotatable bonds is 5. The quantitative estimate of drug-likeness (QED) is 0.741. The van der Waals surface area contributed by atoms with Gasteiger partial charge in [0, 0.05) is 56.6 Å². The van der Waals surface area contributed by atoms with E-state index >= 15 is 0 Å². The fourth-order valence-electron chi connectivity index (χ4n) is 4.80. The van der Waals surface area contributed by atoms with Crippen LogP contribution in [0.5, 0.6) is 11.5 Å². The summed E-state index contributed by atoms with van der Waals surface area (Å²) in [6.45, 7) is 5.67. The fourth-order valence-corrected chi connectivity index (χ4v) is 4.80. The third-order valence-corrected chi connectivity index (χ3v) is 6.55. The molecule has 0 saturated carbocycles. The molecule has 0 aromatic heterocycles. The number of alkyl halides is 3. The van der Waals surface area contributed by atoms with Crippen LogP contribution in [-0.2, 0) is 12.7 Å². The first kappa shape index (κ1) is 22.7. The molecule has 2 aliphatic heterocycles. The zero-order valence-corrected chi connectivity index (χ0v) is 18.3. The highest BCUT2D eigenvalue weighted by Crippen LogP contribution is 2.33. The Labute approximate surface area is 187 Å². The molecular weight excluding hydrogens is 419 g/mol. The first-order valence-corrected chi connectivity index (χ1v) is 11.1. The Balaban J connectivity index is 1.34.